The number of hydrogen-bond donors (Lipinski definition) is 2. The molecule has 3 rings (SSSR count). The maximum absolute atomic E-state index is 12.6. The second kappa shape index (κ2) is 5.09. The summed E-state index contributed by atoms with van der Waals surface area (Å²) in [6.07, 6.45) is -0.0169. The van der Waals surface area contributed by atoms with Gasteiger partial charge in [0.15, 0.2) is 12.5 Å². The molecule has 2 aliphatic rings. The summed E-state index contributed by atoms with van der Waals surface area (Å²) in [4.78, 5) is 0. The molecule has 0 spiro atoms. The van der Waals surface area contributed by atoms with E-state index < -0.39 is 22.7 Å². The fourth-order valence-corrected chi connectivity index (χ4v) is 4.59. The van der Waals surface area contributed by atoms with Crippen LogP contribution in [0.15, 0.2) is 24.3 Å². The number of benzene rings is 1. The van der Waals surface area contributed by atoms with Crippen LogP contribution in [0.4, 0.5) is 0 Å². The van der Waals surface area contributed by atoms with Crippen LogP contribution in [0, 0.1) is 0 Å². The maximum atomic E-state index is 12.6. The first kappa shape index (κ1) is 14.0. The maximum Gasteiger partial charge on any atom is 0.286 e. The first-order valence-corrected chi connectivity index (χ1v) is 8.17. The number of nitrogens with zero attached hydrogens (tertiary/aromatic N) is 2. The molecule has 2 atom stereocenters. The Hall–Kier alpha value is -0.990. The molecule has 0 aliphatic carbocycles. The van der Waals surface area contributed by atoms with Crippen molar-refractivity contribution in [3.63, 3.8) is 0 Å². The lowest BCUT2D eigenvalue weighted by molar-refractivity contribution is -0.0271. The van der Waals surface area contributed by atoms with Crippen molar-refractivity contribution in [1.82, 2.24) is 8.61 Å². The third-order valence-corrected chi connectivity index (χ3v) is 5.89. The van der Waals surface area contributed by atoms with E-state index in [-0.39, 0.29) is 0 Å². The molecule has 2 N–H and O–H groups in total. The fraction of sp³-hybridized carbons (Fsp3) is 0.538. The van der Waals surface area contributed by atoms with Crippen LogP contribution in [0.3, 0.4) is 0 Å². The molecular weight excluding hydrogens is 280 g/mol. The van der Waals surface area contributed by atoms with Crippen LogP contribution in [0.25, 0.3) is 0 Å². The first-order valence-electron chi connectivity index (χ1n) is 6.77. The summed E-state index contributed by atoms with van der Waals surface area (Å²) in [6, 6.07) is 6.70. The summed E-state index contributed by atoms with van der Waals surface area (Å²) in [6.45, 7) is 0.878. The van der Waals surface area contributed by atoms with E-state index >= 15 is 0 Å². The van der Waals surface area contributed by atoms with Gasteiger partial charge in [0.05, 0.1) is 0 Å². The van der Waals surface area contributed by atoms with Gasteiger partial charge in [0.25, 0.3) is 10.2 Å². The van der Waals surface area contributed by atoms with Crippen LogP contribution < -0.4 is 0 Å². The van der Waals surface area contributed by atoms with Gasteiger partial charge < -0.3 is 10.2 Å². The lowest BCUT2D eigenvalue weighted by atomic mass is 10.1. The van der Waals surface area contributed by atoms with Crippen LogP contribution in [0.1, 0.15) is 42.8 Å². The second-order valence-corrected chi connectivity index (χ2v) is 7.01. The number of aliphatic hydroxyl groups excluding tert-OH is 2. The lowest BCUT2D eigenvalue weighted by Crippen LogP contribution is -2.46. The Morgan fingerprint density at radius 1 is 0.950 bits per heavy atom. The minimum absolute atomic E-state index is 0.439. The highest BCUT2D eigenvalue weighted by molar-refractivity contribution is 7.86. The fourth-order valence-electron chi connectivity index (χ4n) is 2.87. The molecule has 1 fully saturated rings. The molecule has 0 bridgehead atoms. The molecule has 0 radical (unpaired) electrons. The number of aliphatic hydroxyl groups is 2. The van der Waals surface area contributed by atoms with Gasteiger partial charge in [-0.05, 0) is 12.8 Å². The van der Waals surface area contributed by atoms with E-state index in [1.807, 2.05) is 0 Å². The Morgan fingerprint density at radius 2 is 1.45 bits per heavy atom. The molecule has 7 heteroatoms. The van der Waals surface area contributed by atoms with Crippen LogP contribution in [-0.4, -0.2) is 40.3 Å². The summed E-state index contributed by atoms with van der Waals surface area (Å²) in [5.74, 6) is 0. The van der Waals surface area contributed by atoms with Gasteiger partial charge in [0.1, 0.15) is 0 Å². The van der Waals surface area contributed by atoms with Gasteiger partial charge in [-0.3, -0.25) is 0 Å². The SMILES string of the molecule is O=S(=O)(N1CCCCC1)N1C(O)c2ccccc2C1O. The Bertz CT molecular complexity index is 569. The van der Waals surface area contributed by atoms with E-state index in [1.165, 1.54) is 4.31 Å². The molecule has 1 aromatic carbocycles. The van der Waals surface area contributed by atoms with Crippen LogP contribution in [0.5, 0.6) is 0 Å². The van der Waals surface area contributed by atoms with Gasteiger partial charge in [-0.2, -0.15) is 12.7 Å². The molecule has 110 valence electrons. The molecule has 0 aromatic heterocycles. The standard InChI is InChI=1S/C13H18N2O4S/c16-12-10-6-2-3-7-11(10)13(17)15(12)20(18,19)14-8-4-1-5-9-14/h2-3,6-7,12-13,16-17H,1,4-5,8-9H2. The van der Waals surface area contributed by atoms with Gasteiger partial charge in [-0.25, -0.2) is 0 Å². The average Bonchev–Trinajstić information content (AvgIpc) is 2.73. The van der Waals surface area contributed by atoms with Crippen molar-refractivity contribution >= 4 is 10.2 Å². The van der Waals surface area contributed by atoms with Crippen molar-refractivity contribution in [2.24, 2.45) is 0 Å². The predicted octanol–water partition coefficient (Wildman–Crippen LogP) is 0.715. The van der Waals surface area contributed by atoms with E-state index in [0.717, 1.165) is 23.6 Å². The van der Waals surface area contributed by atoms with Crippen molar-refractivity contribution in [2.75, 3.05) is 13.1 Å². The van der Waals surface area contributed by atoms with Crippen molar-refractivity contribution in [2.45, 2.75) is 31.7 Å². The zero-order valence-electron chi connectivity index (χ0n) is 11.0. The third-order valence-electron chi connectivity index (χ3n) is 3.94. The molecule has 6 nitrogen and oxygen atoms in total. The smallest absolute Gasteiger partial charge is 0.286 e. The quantitative estimate of drug-likeness (QED) is 0.843. The summed E-state index contributed by atoms with van der Waals surface area (Å²) in [5, 5.41) is 20.5. The first-order chi connectivity index (χ1) is 9.53. The van der Waals surface area contributed by atoms with Crippen LogP contribution in [0.2, 0.25) is 0 Å². The highest BCUT2D eigenvalue weighted by atomic mass is 32.2. The van der Waals surface area contributed by atoms with Gasteiger partial charge >= 0.3 is 0 Å². The molecule has 2 aliphatic heterocycles. The van der Waals surface area contributed by atoms with Crippen molar-refractivity contribution < 1.29 is 18.6 Å². The van der Waals surface area contributed by atoms with E-state index in [0.29, 0.717) is 24.2 Å². The Labute approximate surface area is 118 Å². The van der Waals surface area contributed by atoms with Crippen molar-refractivity contribution in [1.29, 1.82) is 0 Å². The molecule has 0 saturated carbocycles. The zero-order chi connectivity index (χ0) is 14.3. The minimum atomic E-state index is -3.86. The lowest BCUT2D eigenvalue weighted by Gasteiger charge is -2.32. The molecule has 0 amide bonds. The van der Waals surface area contributed by atoms with E-state index in [2.05, 4.69) is 0 Å². The second-order valence-electron chi connectivity index (χ2n) is 5.17. The largest absolute Gasteiger partial charge is 0.373 e. The number of piperidine rings is 1. The Balaban J connectivity index is 1.95. The third kappa shape index (κ3) is 2.06. The molecule has 20 heavy (non-hydrogen) atoms. The molecule has 2 unspecified atom stereocenters. The van der Waals surface area contributed by atoms with Gasteiger partial charge in [0, 0.05) is 24.2 Å². The minimum Gasteiger partial charge on any atom is -0.373 e. The van der Waals surface area contributed by atoms with E-state index in [4.69, 9.17) is 0 Å². The Kier molecular flexibility index (Phi) is 3.55. The number of hydrogen-bond acceptors (Lipinski definition) is 4. The van der Waals surface area contributed by atoms with Crippen molar-refractivity contribution in [3.05, 3.63) is 35.4 Å². The molecule has 1 aromatic rings. The molecule has 1 saturated heterocycles. The van der Waals surface area contributed by atoms with Gasteiger partial charge in [0.2, 0.25) is 0 Å². The highest BCUT2D eigenvalue weighted by Crippen LogP contribution is 2.41. The van der Waals surface area contributed by atoms with Crippen LogP contribution >= 0.6 is 0 Å². The van der Waals surface area contributed by atoms with Crippen LogP contribution in [-0.2, 0) is 10.2 Å². The van der Waals surface area contributed by atoms with Gasteiger partial charge in [-0.1, -0.05) is 30.7 Å². The van der Waals surface area contributed by atoms with E-state index in [1.54, 1.807) is 24.3 Å². The summed E-state index contributed by atoms with van der Waals surface area (Å²) in [7, 11) is -3.86. The van der Waals surface area contributed by atoms with Crippen molar-refractivity contribution in [3.8, 4) is 0 Å². The zero-order valence-corrected chi connectivity index (χ0v) is 11.8. The highest BCUT2D eigenvalue weighted by Gasteiger charge is 2.46. The van der Waals surface area contributed by atoms with E-state index in [9.17, 15) is 18.6 Å². The molecular formula is C13H18N2O4S. The predicted molar refractivity (Wildman–Crippen MR) is 72.5 cm³/mol. The monoisotopic (exact) mass is 298 g/mol. The topological polar surface area (TPSA) is 81.1 Å². The number of fused-ring (bicyclic) bond motifs is 1. The normalized spacial score (nSPS) is 28.5. The summed E-state index contributed by atoms with van der Waals surface area (Å²) < 4.78 is 27.4. The summed E-state index contributed by atoms with van der Waals surface area (Å²) in [5.41, 5.74) is 0.890. The van der Waals surface area contributed by atoms with Gasteiger partial charge in [-0.15, -0.1) is 4.31 Å². The number of rotatable bonds is 2. The average molecular weight is 298 g/mol. The summed E-state index contributed by atoms with van der Waals surface area (Å²) >= 11 is 0. The molecule has 2 heterocycles. The Morgan fingerprint density at radius 3 is 1.95 bits per heavy atom.